The first-order valence-corrected chi connectivity index (χ1v) is 9.25. The number of anilines is 1. The zero-order valence-electron chi connectivity index (χ0n) is 15.5. The van der Waals surface area contributed by atoms with E-state index >= 15 is 0 Å². The van der Waals surface area contributed by atoms with E-state index in [9.17, 15) is 9.59 Å². The van der Waals surface area contributed by atoms with Gasteiger partial charge in [-0.2, -0.15) is 0 Å². The molecule has 0 aliphatic carbocycles. The van der Waals surface area contributed by atoms with Crippen molar-refractivity contribution in [3.05, 3.63) is 29.3 Å². The first kappa shape index (κ1) is 19.6. The van der Waals surface area contributed by atoms with Crippen molar-refractivity contribution in [2.24, 2.45) is 11.8 Å². The number of hydrogen-bond donors (Lipinski definition) is 1. The van der Waals surface area contributed by atoms with Crippen LogP contribution in [-0.2, 0) is 4.79 Å². The van der Waals surface area contributed by atoms with Crippen LogP contribution in [0.25, 0.3) is 0 Å². The van der Waals surface area contributed by atoms with Crippen LogP contribution in [0.5, 0.6) is 0 Å². The molecule has 1 aliphatic rings. The molecule has 0 spiro atoms. The molecule has 0 aromatic heterocycles. The van der Waals surface area contributed by atoms with E-state index < -0.39 is 0 Å². The van der Waals surface area contributed by atoms with Gasteiger partial charge in [-0.05, 0) is 36.1 Å². The van der Waals surface area contributed by atoms with Gasteiger partial charge in [-0.3, -0.25) is 4.79 Å². The Hall–Kier alpha value is -1.75. The monoisotopic (exact) mass is 365 g/mol. The molecule has 2 rings (SSSR count). The van der Waals surface area contributed by atoms with E-state index in [0.29, 0.717) is 42.9 Å². The molecule has 0 radical (unpaired) electrons. The summed E-state index contributed by atoms with van der Waals surface area (Å²) in [5.41, 5.74) is 0.812. The van der Waals surface area contributed by atoms with Gasteiger partial charge in [0, 0.05) is 36.8 Å². The molecule has 1 unspecified atom stereocenters. The summed E-state index contributed by atoms with van der Waals surface area (Å²) in [6.45, 7) is 10.3. The zero-order chi connectivity index (χ0) is 18.6. The van der Waals surface area contributed by atoms with Crippen molar-refractivity contribution in [1.82, 2.24) is 10.2 Å². The number of halogens is 1. The highest BCUT2D eigenvalue weighted by atomic mass is 35.5. The molecule has 6 heteroatoms. The predicted octanol–water partition coefficient (Wildman–Crippen LogP) is 3.77. The second kappa shape index (κ2) is 8.56. The molecule has 5 nitrogen and oxygen atoms in total. The summed E-state index contributed by atoms with van der Waals surface area (Å²) in [7, 11) is 0. The zero-order valence-corrected chi connectivity index (χ0v) is 16.2. The van der Waals surface area contributed by atoms with Gasteiger partial charge in [-0.25, -0.2) is 4.79 Å². The van der Waals surface area contributed by atoms with Crippen molar-refractivity contribution in [1.29, 1.82) is 0 Å². The second-order valence-corrected chi connectivity index (χ2v) is 7.96. The Morgan fingerprint density at radius 3 is 2.28 bits per heavy atom. The lowest BCUT2D eigenvalue weighted by atomic mass is 10.1. The van der Waals surface area contributed by atoms with Crippen LogP contribution < -0.4 is 10.2 Å². The molecule has 25 heavy (non-hydrogen) atoms. The Balaban J connectivity index is 1.99. The van der Waals surface area contributed by atoms with Gasteiger partial charge in [0.1, 0.15) is 0 Å². The molecule has 1 atom stereocenters. The van der Waals surface area contributed by atoms with Gasteiger partial charge < -0.3 is 15.1 Å². The quantitative estimate of drug-likeness (QED) is 0.834. The highest BCUT2D eigenvalue weighted by molar-refractivity contribution is 6.30. The van der Waals surface area contributed by atoms with Crippen LogP contribution in [0.2, 0.25) is 5.02 Å². The van der Waals surface area contributed by atoms with Gasteiger partial charge in [0.2, 0.25) is 5.91 Å². The molecule has 1 aromatic rings. The van der Waals surface area contributed by atoms with Gasteiger partial charge in [0.05, 0.1) is 6.04 Å². The lowest BCUT2D eigenvalue weighted by molar-refractivity contribution is -0.117. The van der Waals surface area contributed by atoms with Crippen LogP contribution in [0, 0.1) is 11.8 Å². The van der Waals surface area contributed by atoms with Gasteiger partial charge in [0.25, 0.3) is 0 Å². The summed E-state index contributed by atoms with van der Waals surface area (Å²) in [6.07, 6.45) is 0.325. The van der Waals surface area contributed by atoms with E-state index in [0.717, 1.165) is 5.69 Å². The van der Waals surface area contributed by atoms with Crippen molar-refractivity contribution < 1.29 is 9.59 Å². The lowest BCUT2D eigenvalue weighted by Gasteiger charge is -2.28. The third-order valence-electron chi connectivity index (χ3n) is 4.05. The Morgan fingerprint density at radius 1 is 1.20 bits per heavy atom. The Bertz CT molecular complexity index is 591. The molecule has 1 heterocycles. The summed E-state index contributed by atoms with van der Waals surface area (Å²) < 4.78 is 0. The lowest BCUT2D eigenvalue weighted by Crippen LogP contribution is -2.48. The largest absolute Gasteiger partial charge is 0.333 e. The van der Waals surface area contributed by atoms with Crippen LogP contribution in [0.4, 0.5) is 10.5 Å². The second-order valence-electron chi connectivity index (χ2n) is 7.52. The fourth-order valence-corrected chi connectivity index (χ4v) is 3.19. The third-order valence-corrected chi connectivity index (χ3v) is 4.30. The van der Waals surface area contributed by atoms with Gasteiger partial charge in [0.15, 0.2) is 0 Å². The number of nitrogens with one attached hydrogen (secondary N) is 1. The maximum Gasteiger partial charge on any atom is 0.317 e. The van der Waals surface area contributed by atoms with Gasteiger partial charge >= 0.3 is 6.03 Å². The number of rotatable bonds is 6. The van der Waals surface area contributed by atoms with E-state index in [2.05, 4.69) is 33.0 Å². The molecule has 138 valence electrons. The van der Waals surface area contributed by atoms with Crippen LogP contribution in [0.15, 0.2) is 24.3 Å². The normalized spacial score (nSPS) is 17.5. The number of benzene rings is 1. The average molecular weight is 366 g/mol. The van der Waals surface area contributed by atoms with E-state index in [1.807, 2.05) is 17.0 Å². The maximum absolute atomic E-state index is 12.6. The minimum absolute atomic E-state index is 0.0203. The minimum atomic E-state index is -0.169. The first-order valence-electron chi connectivity index (χ1n) is 8.87. The highest BCUT2D eigenvalue weighted by Gasteiger charge is 2.32. The predicted molar refractivity (Wildman–Crippen MR) is 102 cm³/mol. The molecule has 0 saturated carbocycles. The molecular formula is C19H28ClN3O2. The summed E-state index contributed by atoms with van der Waals surface area (Å²) >= 11 is 5.90. The van der Waals surface area contributed by atoms with Crippen molar-refractivity contribution in [3.8, 4) is 0 Å². The molecule has 1 N–H and O–H groups in total. The van der Waals surface area contributed by atoms with E-state index in [4.69, 9.17) is 11.6 Å². The van der Waals surface area contributed by atoms with E-state index in [-0.39, 0.29) is 18.0 Å². The first-order chi connectivity index (χ1) is 11.8. The molecule has 1 aliphatic heterocycles. The van der Waals surface area contributed by atoms with Crippen molar-refractivity contribution in [2.75, 3.05) is 24.5 Å². The molecule has 3 amide bonds. The van der Waals surface area contributed by atoms with Gasteiger partial charge in [-0.15, -0.1) is 0 Å². The Kier molecular flexibility index (Phi) is 6.71. The standard InChI is InChI=1S/C19H28ClN3O2/c1-13(2)10-22(11-14(3)4)19(25)21-16-9-18(24)23(12-16)17-7-5-15(20)6-8-17/h5-8,13-14,16H,9-12H2,1-4H3,(H,21,25). The van der Waals surface area contributed by atoms with Crippen LogP contribution >= 0.6 is 11.6 Å². The Labute approximate surface area is 155 Å². The number of carbonyl (C=O) groups is 2. The number of urea groups is 1. The van der Waals surface area contributed by atoms with Crippen LogP contribution in [0.1, 0.15) is 34.1 Å². The number of hydrogen-bond acceptors (Lipinski definition) is 2. The van der Waals surface area contributed by atoms with Gasteiger partial charge in [-0.1, -0.05) is 39.3 Å². The molecule has 1 aromatic carbocycles. The smallest absolute Gasteiger partial charge is 0.317 e. The highest BCUT2D eigenvalue weighted by Crippen LogP contribution is 2.23. The SMILES string of the molecule is CC(C)CN(CC(C)C)C(=O)NC1CC(=O)N(c2ccc(Cl)cc2)C1. The van der Waals surface area contributed by atoms with Crippen molar-refractivity contribution in [3.63, 3.8) is 0 Å². The van der Waals surface area contributed by atoms with Crippen molar-refractivity contribution >= 4 is 29.2 Å². The number of carbonyl (C=O) groups excluding carboxylic acids is 2. The van der Waals surface area contributed by atoms with Crippen LogP contribution in [-0.4, -0.2) is 42.5 Å². The fourth-order valence-electron chi connectivity index (χ4n) is 3.06. The third kappa shape index (κ3) is 5.63. The summed E-state index contributed by atoms with van der Waals surface area (Å²) in [4.78, 5) is 28.5. The number of amides is 3. The molecule has 0 bridgehead atoms. The summed E-state index contributed by atoms with van der Waals surface area (Å²) in [5, 5.41) is 3.67. The molecule has 1 fully saturated rings. The average Bonchev–Trinajstić information content (AvgIpc) is 2.87. The molecule has 1 saturated heterocycles. The topological polar surface area (TPSA) is 52.7 Å². The maximum atomic E-state index is 12.6. The van der Waals surface area contributed by atoms with Crippen LogP contribution in [0.3, 0.4) is 0 Å². The fraction of sp³-hybridized carbons (Fsp3) is 0.579. The van der Waals surface area contributed by atoms with E-state index in [1.165, 1.54) is 0 Å². The number of nitrogens with zero attached hydrogens (tertiary/aromatic N) is 2. The Morgan fingerprint density at radius 2 is 1.76 bits per heavy atom. The summed E-state index contributed by atoms with van der Waals surface area (Å²) in [6, 6.07) is 6.94. The van der Waals surface area contributed by atoms with Crippen molar-refractivity contribution in [2.45, 2.75) is 40.2 Å². The minimum Gasteiger partial charge on any atom is -0.333 e. The molecular weight excluding hydrogens is 338 g/mol. The van der Waals surface area contributed by atoms with E-state index in [1.54, 1.807) is 17.0 Å². The summed E-state index contributed by atoms with van der Waals surface area (Å²) in [5.74, 6) is 0.826.